The number of ether oxygens (including phenoxy) is 1. The SMILES string of the molecule is COc1ccc(-c2nnc(SCc3cn4ccccc4n3)n2-c2ccccc2)cc1. The molecular weight excluding hydrogens is 394 g/mol. The number of thioether (sulfide) groups is 1. The van der Waals surface area contributed by atoms with Crippen molar-refractivity contribution in [1.29, 1.82) is 0 Å². The van der Waals surface area contributed by atoms with Crippen molar-refractivity contribution in [2.24, 2.45) is 0 Å². The molecule has 7 heteroatoms. The third-order valence-corrected chi connectivity index (χ3v) is 5.72. The maximum Gasteiger partial charge on any atom is 0.196 e. The van der Waals surface area contributed by atoms with E-state index in [1.165, 1.54) is 0 Å². The van der Waals surface area contributed by atoms with Crippen LogP contribution in [0, 0.1) is 0 Å². The summed E-state index contributed by atoms with van der Waals surface area (Å²) < 4.78 is 9.40. The van der Waals surface area contributed by atoms with Crippen LogP contribution in [0.2, 0.25) is 0 Å². The summed E-state index contributed by atoms with van der Waals surface area (Å²) in [6, 6.07) is 24.0. The summed E-state index contributed by atoms with van der Waals surface area (Å²) in [5.74, 6) is 2.31. The summed E-state index contributed by atoms with van der Waals surface area (Å²) in [5.41, 5.74) is 3.94. The summed E-state index contributed by atoms with van der Waals surface area (Å²) in [7, 11) is 1.66. The second-order valence-electron chi connectivity index (χ2n) is 6.69. The van der Waals surface area contributed by atoms with Gasteiger partial charge in [0.15, 0.2) is 11.0 Å². The summed E-state index contributed by atoms with van der Waals surface area (Å²) in [6.07, 6.45) is 4.06. The van der Waals surface area contributed by atoms with Crippen LogP contribution in [-0.2, 0) is 5.75 Å². The van der Waals surface area contributed by atoms with E-state index in [9.17, 15) is 0 Å². The van der Waals surface area contributed by atoms with E-state index in [-0.39, 0.29) is 0 Å². The Kier molecular flexibility index (Phi) is 4.94. The Labute approximate surface area is 178 Å². The number of pyridine rings is 1. The number of benzene rings is 2. The first-order valence-corrected chi connectivity index (χ1v) is 10.5. The molecule has 6 nitrogen and oxygen atoms in total. The van der Waals surface area contributed by atoms with Crippen LogP contribution in [0.25, 0.3) is 22.7 Å². The van der Waals surface area contributed by atoms with Crippen LogP contribution in [0.4, 0.5) is 0 Å². The van der Waals surface area contributed by atoms with Gasteiger partial charge in [-0.1, -0.05) is 36.0 Å². The third-order valence-electron chi connectivity index (χ3n) is 4.76. The minimum atomic E-state index is 0.704. The van der Waals surface area contributed by atoms with Crippen LogP contribution in [0.5, 0.6) is 5.75 Å². The largest absolute Gasteiger partial charge is 0.497 e. The van der Waals surface area contributed by atoms with Crippen molar-refractivity contribution >= 4 is 17.4 Å². The van der Waals surface area contributed by atoms with Gasteiger partial charge in [0.2, 0.25) is 0 Å². The van der Waals surface area contributed by atoms with Gasteiger partial charge in [0.05, 0.1) is 12.8 Å². The first-order chi connectivity index (χ1) is 14.8. The molecule has 0 atom stereocenters. The quantitative estimate of drug-likeness (QED) is 0.371. The number of hydrogen-bond donors (Lipinski definition) is 0. The zero-order valence-electron chi connectivity index (χ0n) is 16.3. The molecular formula is C23H19N5OS. The van der Waals surface area contributed by atoms with Gasteiger partial charge in [-0.15, -0.1) is 10.2 Å². The molecule has 0 bridgehead atoms. The van der Waals surface area contributed by atoms with Gasteiger partial charge >= 0.3 is 0 Å². The summed E-state index contributed by atoms with van der Waals surface area (Å²) >= 11 is 1.62. The van der Waals surface area contributed by atoms with E-state index in [0.29, 0.717) is 5.75 Å². The Bertz CT molecular complexity index is 1250. The van der Waals surface area contributed by atoms with Gasteiger partial charge in [0, 0.05) is 29.4 Å². The molecule has 0 saturated carbocycles. The first-order valence-electron chi connectivity index (χ1n) is 9.52. The molecule has 148 valence electrons. The molecule has 0 amide bonds. The number of hydrogen-bond acceptors (Lipinski definition) is 5. The lowest BCUT2D eigenvalue weighted by Gasteiger charge is -2.10. The van der Waals surface area contributed by atoms with Gasteiger partial charge in [-0.3, -0.25) is 4.57 Å². The van der Waals surface area contributed by atoms with Crippen LogP contribution >= 0.6 is 11.8 Å². The molecule has 0 spiro atoms. The maximum atomic E-state index is 5.28. The predicted molar refractivity (Wildman–Crippen MR) is 118 cm³/mol. The predicted octanol–water partition coefficient (Wildman–Crippen LogP) is 4.88. The highest BCUT2D eigenvalue weighted by atomic mass is 32.2. The van der Waals surface area contributed by atoms with Gasteiger partial charge in [-0.2, -0.15) is 0 Å². The highest BCUT2D eigenvalue weighted by Crippen LogP contribution is 2.30. The van der Waals surface area contributed by atoms with Crippen molar-refractivity contribution in [1.82, 2.24) is 24.1 Å². The van der Waals surface area contributed by atoms with Crippen molar-refractivity contribution in [2.75, 3.05) is 7.11 Å². The Morgan fingerprint density at radius 2 is 1.70 bits per heavy atom. The summed E-state index contributed by atoms with van der Waals surface area (Å²) in [4.78, 5) is 4.69. The van der Waals surface area contributed by atoms with Crippen LogP contribution < -0.4 is 4.74 Å². The number of rotatable bonds is 6. The lowest BCUT2D eigenvalue weighted by molar-refractivity contribution is 0.415. The Morgan fingerprint density at radius 1 is 0.900 bits per heavy atom. The van der Waals surface area contributed by atoms with E-state index >= 15 is 0 Å². The fourth-order valence-electron chi connectivity index (χ4n) is 3.30. The molecule has 0 aliphatic carbocycles. The van der Waals surface area contributed by atoms with E-state index < -0.39 is 0 Å². The molecule has 0 radical (unpaired) electrons. The van der Waals surface area contributed by atoms with Crippen molar-refractivity contribution in [3.05, 3.63) is 90.9 Å². The minimum absolute atomic E-state index is 0.704. The second-order valence-corrected chi connectivity index (χ2v) is 7.64. The van der Waals surface area contributed by atoms with Crippen molar-refractivity contribution < 1.29 is 4.74 Å². The summed E-state index contributed by atoms with van der Waals surface area (Å²) in [5, 5.41) is 9.81. The number of nitrogens with zero attached hydrogens (tertiary/aromatic N) is 5. The van der Waals surface area contributed by atoms with E-state index in [1.807, 2.05) is 71.3 Å². The Hall–Kier alpha value is -3.58. The molecule has 5 rings (SSSR count). The average Bonchev–Trinajstić information content (AvgIpc) is 3.42. The molecule has 2 aromatic carbocycles. The molecule has 0 aliphatic rings. The molecule has 30 heavy (non-hydrogen) atoms. The Balaban J connectivity index is 1.50. The van der Waals surface area contributed by atoms with Crippen molar-refractivity contribution in [3.8, 4) is 22.8 Å². The molecule has 3 aromatic heterocycles. The van der Waals surface area contributed by atoms with E-state index in [4.69, 9.17) is 4.74 Å². The minimum Gasteiger partial charge on any atom is -0.497 e. The van der Waals surface area contributed by atoms with E-state index in [2.05, 4.69) is 38.1 Å². The van der Waals surface area contributed by atoms with Gasteiger partial charge in [-0.05, 0) is 48.5 Å². The van der Waals surface area contributed by atoms with Crippen LogP contribution in [-0.4, -0.2) is 31.3 Å². The molecule has 0 saturated heterocycles. The summed E-state index contributed by atoms with van der Waals surface area (Å²) in [6.45, 7) is 0. The smallest absolute Gasteiger partial charge is 0.196 e. The topological polar surface area (TPSA) is 57.2 Å². The number of aromatic nitrogens is 5. The average molecular weight is 414 g/mol. The van der Waals surface area contributed by atoms with E-state index in [0.717, 1.165) is 39.3 Å². The van der Waals surface area contributed by atoms with Gasteiger partial charge in [0.1, 0.15) is 11.4 Å². The normalized spacial score (nSPS) is 11.1. The van der Waals surface area contributed by atoms with Crippen LogP contribution in [0.15, 0.2) is 90.3 Å². The number of para-hydroxylation sites is 1. The molecule has 5 aromatic rings. The van der Waals surface area contributed by atoms with E-state index in [1.54, 1.807) is 18.9 Å². The Morgan fingerprint density at radius 3 is 2.47 bits per heavy atom. The fourth-order valence-corrected chi connectivity index (χ4v) is 4.13. The molecule has 0 fully saturated rings. The van der Waals surface area contributed by atoms with Gasteiger partial charge in [-0.25, -0.2) is 4.98 Å². The highest BCUT2D eigenvalue weighted by molar-refractivity contribution is 7.98. The van der Waals surface area contributed by atoms with Gasteiger partial charge < -0.3 is 9.14 Å². The second kappa shape index (κ2) is 8.04. The van der Waals surface area contributed by atoms with Crippen LogP contribution in [0.3, 0.4) is 0 Å². The monoisotopic (exact) mass is 413 g/mol. The third kappa shape index (κ3) is 3.55. The standard InChI is InChI=1S/C23H19N5OS/c1-29-20-12-10-17(11-13-20)22-25-26-23(28(22)19-7-3-2-4-8-19)30-16-18-15-27-14-6-5-9-21(27)24-18/h2-15H,16H2,1H3. The molecule has 3 heterocycles. The number of fused-ring (bicyclic) bond motifs is 1. The first kappa shape index (κ1) is 18.4. The number of methoxy groups -OCH3 is 1. The molecule has 0 aliphatic heterocycles. The number of imidazole rings is 1. The zero-order chi connectivity index (χ0) is 20.3. The van der Waals surface area contributed by atoms with Crippen molar-refractivity contribution in [2.45, 2.75) is 10.9 Å². The van der Waals surface area contributed by atoms with Crippen molar-refractivity contribution in [3.63, 3.8) is 0 Å². The van der Waals surface area contributed by atoms with Gasteiger partial charge in [0.25, 0.3) is 0 Å². The maximum absolute atomic E-state index is 5.28. The lowest BCUT2D eigenvalue weighted by Crippen LogP contribution is -1.99. The fraction of sp³-hybridized carbons (Fsp3) is 0.0870. The molecule has 0 unspecified atom stereocenters. The van der Waals surface area contributed by atoms with Crippen LogP contribution in [0.1, 0.15) is 5.69 Å². The lowest BCUT2D eigenvalue weighted by atomic mass is 10.2. The zero-order valence-corrected chi connectivity index (χ0v) is 17.2. The highest BCUT2D eigenvalue weighted by Gasteiger charge is 2.17. The molecule has 0 N–H and O–H groups in total.